The molecule has 2 rings (SSSR count). The molecule has 1 aromatic carbocycles. The Balaban J connectivity index is 2.43. The van der Waals surface area contributed by atoms with Gasteiger partial charge in [0.1, 0.15) is 5.01 Å². The number of nitrogens with zero attached hydrogens (tertiary/aromatic N) is 1. The molecule has 0 aliphatic rings. The first-order chi connectivity index (χ1) is 5.86. The van der Waals surface area contributed by atoms with Crippen LogP contribution in [0.5, 0.6) is 0 Å². The van der Waals surface area contributed by atoms with Crippen LogP contribution in [0, 0.1) is 5.38 Å². The van der Waals surface area contributed by atoms with E-state index in [0.717, 1.165) is 15.0 Å². The van der Waals surface area contributed by atoms with E-state index in [-0.39, 0.29) is 0 Å². The average molecular weight is 239 g/mol. The Kier molecular flexibility index (Phi) is 2.23. The second kappa shape index (κ2) is 3.37. The maximum atomic E-state index is 4.16. The Hall–Kier alpha value is -0.670. The van der Waals surface area contributed by atoms with Gasteiger partial charge in [0.15, 0.2) is 0 Å². The maximum Gasteiger partial charge on any atom is 0.123 e. The number of hydrogen-bond acceptors (Lipinski definition) is 2. The Morgan fingerprint density at radius 3 is 2.58 bits per heavy atom. The Labute approximate surface area is 83.2 Å². The van der Waals surface area contributed by atoms with Crippen LogP contribution in [-0.4, -0.2) is 4.98 Å². The molecule has 0 saturated carbocycles. The Morgan fingerprint density at radius 2 is 2.00 bits per heavy atom. The van der Waals surface area contributed by atoms with E-state index in [1.54, 1.807) is 6.20 Å². The summed E-state index contributed by atoms with van der Waals surface area (Å²) in [6, 6.07) is 8.10. The molecule has 1 aromatic heterocycles. The van der Waals surface area contributed by atoms with Crippen molar-refractivity contribution in [2.45, 2.75) is 0 Å². The molecule has 1 radical (unpaired) electrons. The van der Waals surface area contributed by atoms with Crippen LogP contribution >= 0.6 is 27.3 Å². The standard InChI is InChI=1S/C9H5BrNS/c10-8-3-1-7(2-4-8)9-11-5-6-12-9/h1-5H. The van der Waals surface area contributed by atoms with Crippen molar-refractivity contribution in [3.05, 3.63) is 40.3 Å². The van der Waals surface area contributed by atoms with Gasteiger partial charge in [0.05, 0.1) is 5.38 Å². The zero-order valence-corrected chi connectivity index (χ0v) is 8.52. The lowest BCUT2D eigenvalue weighted by atomic mass is 10.2. The summed E-state index contributed by atoms with van der Waals surface area (Å²) in [6.07, 6.45) is 1.70. The summed E-state index contributed by atoms with van der Waals surface area (Å²) in [4.78, 5) is 4.16. The summed E-state index contributed by atoms with van der Waals surface area (Å²) in [5.41, 5.74) is 1.14. The van der Waals surface area contributed by atoms with Gasteiger partial charge in [-0.25, -0.2) is 4.98 Å². The molecule has 1 heterocycles. The quantitative estimate of drug-likeness (QED) is 0.743. The summed E-state index contributed by atoms with van der Waals surface area (Å²) in [7, 11) is 0. The fourth-order valence-corrected chi connectivity index (χ4v) is 1.76. The second-order valence-corrected chi connectivity index (χ2v) is 4.03. The third kappa shape index (κ3) is 1.57. The summed E-state index contributed by atoms with van der Waals surface area (Å²) in [5.74, 6) is 0. The van der Waals surface area contributed by atoms with E-state index in [9.17, 15) is 0 Å². The molecule has 12 heavy (non-hydrogen) atoms. The minimum Gasteiger partial charge on any atom is -0.244 e. The molecule has 0 saturated heterocycles. The van der Waals surface area contributed by atoms with Gasteiger partial charge in [-0.05, 0) is 12.1 Å². The molecular weight excluding hydrogens is 234 g/mol. The van der Waals surface area contributed by atoms with Crippen molar-refractivity contribution in [3.8, 4) is 10.6 Å². The van der Waals surface area contributed by atoms with Crippen molar-refractivity contribution < 1.29 is 0 Å². The lowest BCUT2D eigenvalue weighted by molar-refractivity contribution is 1.41. The minimum absolute atomic E-state index is 1.02. The number of thiazole rings is 1. The normalized spacial score (nSPS) is 10.1. The molecule has 2 aromatic rings. The van der Waals surface area contributed by atoms with Gasteiger partial charge in [0, 0.05) is 16.2 Å². The van der Waals surface area contributed by atoms with E-state index in [2.05, 4.69) is 26.3 Å². The van der Waals surface area contributed by atoms with Crippen LogP contribution in [0.2, 0.25) is 0 Å². The SMILES string of the molecule is Brc1ccc(-c2nc[c]s2)cc1. The lowest BCUT2D eigenvalue weighted by Gasteiger charge is -1.94. The summed E-state index contributed by atoms with van der Waals surface area (Å²) < 4.78 is 1.09. The summed E-state index contributed by atoms with van der Waals surface area (Å²) >= 11 is 4.91. The van der Waals surface area contributed by atoms with Crippen molar-refractivity contribution in [3.63, 3.8) is 0 Å². The van der Waals surface area contributed by atoms with Crippen molar-refractivity contribution in [1.29, 1.82) is 0 Å². The number of hydrogen-bond donors (Lipinski definition) is 0. The minimum atomic E-state index is 1.02. The molecule has 0 aliphatic heterocycles. The second-order valence-electron chi connectivity index (χ2n) is 2.29. The van der Waals surface area contributed by atoms with E-state index in [1.165, 1.54) is 11.3 Å². The predicted molar refractivity (Wildman–Crippen MR) is 54.1 cm³/mol. The topological polar surface area (TPSA) is 12.9 Å². The van der Waals surface area contributed by atoms with E-state index in [1.807, 2.05) is 24.3 Å². The van der Waals surface area contributed by atoms with Gasteiger partial charge in [-0.1, -0.05) is 28.1 Å². The maximum absolute atomic E-state index is 4.16. The molecule has 3 heteroatoms. The Bertz CT molecular complexity index is 353. The molecule has 0 aliphatic carbocycles. The van der Waals surface area contributed by atoms with Gasteiger partial charge in [0.2, 0.25) is 0 Å². The number of halogens is 1. The van der Waals surface area contributed by atoms with Crippen LogP contribution in [0.25, 0.3) is 10.6 Å². The van der Waals surface area contributed by atoms with Gasteiger partial charge in [-0.15, -0.1) is 11.3 Å². The molecule has 0 bridgehead atoms. The third-order valence-electron chi connectivity index (χ3n) is 1.48. The van der Waals surface area contributed by atoms with Gasteiger partial charge in [0.25, 0.3) is 0 Å². The molecule has 0 atom stereocenters. The molecule has 1 nitrogen and oxygen atoms in total. The fourth-order valence-electron chi connectivity index (χ4n) is 0.919. The first-order valence-electron chi connectivity index (χ1n) is 3.44. The molecular formula is C9H5BrNS. The third-order valence-corrected chi connectivity index (χ3v) is 2.77. The largest absolute Gasteiger partial charge is 0.244 e. The highest BCUT2D eigenvalue weighted by Gasteiger charge is 1.98. The van der Waals surface area contributed by atoms with E-state index >= 15 is 0 Å². The van der Waals surface area contributed by atoms with Crippen LogP contribution < -0.4 is 0 Å². The predicted octanol–water partition coefficient (Wildman–Crippen LogP) is 3.37. The van der Waals surface area contributed by atoms with Crippen molar-refractivity contribution in [2.75, 3.05) is 0 Å². The smallest absolute Gasteiger partial charge is 0.123 e. The molecule has 59 valence electrons. The first-order valence-corrected chi connectivity index (χ1v) is 5.05. The zero-order valence-electron chi connectivity index (χ0n) is 6.12. The number of benzene rings is 1. The van der Waals surface area contributed by atoms with Crippen molar-refractivity contribution >= 4 is 27.3 Å². The highest BCUT2D eigenvalue weighted by Crippen LogP contribution is 2.22. The van der Waals surface area contributed by atoms with E-state index in [4.69, 9.17) is 0 Å². The number of aromatic nitrogens is 1. The zero-order chi connectivity index (χ0) is 8.39. The van der Waals surface area contributed by atoms with Crippen LogP contribution in [0.15, 0.2) is 34.9 Å². The highest BCUT2D eigenvalue weighted by molar-refractivity contribution is 9.10. The van der Waals surface area contributed by atoms with E-state index < -0.39 is 0 Å². The van der Waals surface area contributed by atoms with Crippen LogP contribution in [-0.2, 0) is 0 Å². The molecule has 0 N–H and O–H groups in total. The lowest BCUT2D eigenvalue weighted by Crippen LogP contribution is -1.73. The molecule has 0 spiro atoms. The fraction of sp³-hybridized carbons (Fsp3) is 0. The van der Waals surface area contributed by atoms with Gasteiger partial charge >= 0.3 is 0 Å². The summed E-state index contributed by atoms with van der Waals surface area (Å²) in [6.45, 7) is 0. The van der Waals surface area contributed by atoms with E-state index in [0.29, 0.717) is 0 Å². The Morgan fingerprint density at radius 1 is 1.25 bits per heavy atom. The highest BCUT2D eigenvalue weighted by atomic mass is 79.9. The molecule has 0 amide bonds. The molecule has 0 unspecified atom stereocenters. The van der Waals surface area contributed by atoms with Crippen molar-refractivity contribution in [1.82, 2.24) is 4.98 Å². The molecule has 0 fully saturated rings. The van der Waals surface area contributed by atoms with Crippen LogP contribution in [0.1, 0.15) is 0 Å². The average Bonchev–Trinajstić information content (AvgIpc) is 2.58. The van der Waals surface area contributed by atoms with Gasteiger partial charge in [-0.3, -0.25) is 0 Å². The first kappa shape index (κ1) is 7.95. The monoisotopic (exact) mass is 238 g/mol. The van der Waals surface area contributed by atoms with Crippen LogP contribution in [0.3, 0.4) is 0 Å². The van der Waals surface area contributed by atoms with Crippen molar-refractivity contribution in [2.24, 2.45) is 0 Å². The summed E-state index contributed by atoms with van der Waals surface area (Å²) in [5, 5.41) is 3.98. The number of rotatable bonds is 1. The van der Waals surface area contributed by atoms with Gasteiger partial charge < -0.3 is 0 Å². The van der Waals surface area contributed by atoms with Crippen LogP contribution in [0.4, 0.5) is 0 Å². The van der Waals surface area contributed by atoms with Gasteiger partial charge in [-0.2, -0.15) is 0 Å².